The van der Waals surface area contributed by atoms with Crippen molar-refractivity contribution < 1.29 is 9.47 Å². The smallest absolute Gasteiger partial charge is 0.141 e. The van der Waals surface area contributed by atoms with Crippen LogP contribution in [0, 0.1) is 0 Å². The molecule has 1 rings (SSSR count). The van der Waals surface area contributed by atoms with Crippen LogP contribution in [-0.4, -0.2) is 19.1 Å². The number of alkyl halides is 1. The van der Waals surface area contributed by atoms with Gasteiger partial charge in [-0.1, -0.05) is 41.7 Å². The monoisotopic (exact) mass is 370 g/mol. The summed E-state index contributed by atoms with van der Waals surface area (Å²) in [7, 11) is 0. The zero-order valence-electron chi connectivity index (χ0n) is 11.8. The van der Waals surface area contributed by atoms with Gasteiger partial charge in [0.05, 0.1) is 11.6 Å². The van der Waals surface area contributed by atoms with Gasteiger partial charge in [0.25, 0.3) is 0 Å². The quantitative estimate of drug-likeness (QED) is 0.391. The van der Waals surface area contributed by atoms with Crippen LogP contribution in [0.4, 0.5) is 0 Å². The lowest BCUT2D eigenvalue weighted by atomic mass is 10.1. The molecule has 0 aliphatic carbocycles. The van der Waals surface area contributed by atoms with E-state index in [2.05, 4.69) is 0 Å². The Morgan fingerprint density at radius 2 is 1.95 bits per heavy atom. The third kappa shape index (κ3) is 7.01. The summed E-state index contributed by atoms with van der Waals surface area (Å²) >= 11 is 23.0. The van der Waals surface area contributed by atoms with Crippen LogP contribution in [-0.2, 0) is 6.42 Å². The van der Waals surface area contributed by atoms with Crippen LogP contribution in [0.3, 0.4) is 0 Å². The van der Waals surface area contributed by atoms with Gasteiger partial charge in [0.2, 0.25) is 0 Å². The van der Waals surface area contributed by atoms with Crippen molar-refractivity contribution in [1.82, 2.24) is 0 Å². The van der Waals surface area contributed by atoms with Crippen molar-refractivity contribution in [2.75, 3.05) is 19.1 Å². The first kappa shape index (κ1) is 18.8. The average molecular weight is 372 g/mol. The van der Waals surface area contributed by atoms with Crippen LogP contribution in [0.15, 0.2) is 22.7 Å². The number of unbranched alkanes of at least 4 members (excludes halogenated alkanes) is 1. The van der Waals surface area contributed by atoms with Crippen molar-refractivity contribution >= 4 is 46.4 Å². The van der Waals surface area contributed by atoms with Gasteiger partial charge in [-0.25, -0.2) is 0 Å². The fourth-order valence-electron chi connectivity index (χ4n) is 1.70. The van der Waals surface area contributed by atoms with Crippen molar-refractivity contribution in [3.8, 4) is 11.5 Å². The van der Waals surface area contributed by atoms with Crippen molar-refractivity contribution in [2.24, 2.45) is 0 Å². The molecule has 0 aliphatic rings. The largest absolute Gasteiger partial charge is 0.492 e. The molecule has 0 aromatic heterocycles. The number of ether oxygens (including phenoxy) is 2. The van der Waals surface area contributed by atoms with Gasteiger partial charge >= 0.3 is 0 Å². The third-order valence-corrected chi connectivity index (χ3v) is 3.59. The van der Waals surface area contributed by atoms with Crippen LogP contribution >= 0.6 is 46.4 Å². The zero-order chi connectivity index (χ0) is 15.7. The fourth-order valence-corrected chi connectivity index (χ4v) is 2.30. The predicted octanol–water partition coefficient (Wildman–Crippen LogP) is 6.00. The van der Waals surface area contributed by atoms with Crippen LogP contribution in [0.2, 0.25) is 5.02 Å². The van der Waals surface area contributed by atoms with E-state index in [9.17, 15) is 0 Å². The summed E-state index contributed by atoms with van der Waals surface area (Å²) in [5.41, 5.74) is 1.00. The minimum Gasteiger partial charge on any atom is -0.492 e. The normalized spacial score (nSPS) is 10.3. The molecule has 0 radical (unpaired) electrons. The zero-order valence-corrected chi connectivity index (χ0v) is 14.8. The molecule has 1 aromatic rings. The molecule has 0 amide bonds. The van der Waals surface area contributed by atoms with E-state index in [1.165, 1.54) is 0 Å². The number of halogens is 4. The maximum Gasteiger partial charge on any atom is 0.141 e. The Labute approximate surface area is 145 Å². The minimum absolute atomic E-state index is 0.177. The molecular weight excluding hydrogens is 354 g/mol. The van der Waals surface area contributed by atoms with Crippen molar-refractivity contribution in [3.05, 3.63) is 33.3 Å². The standard InChI is InChI=1S/C15H18Cl4O2/c1-2-11-9-12(20-8-5-14(18)19)10-13(17)15(11)21-7-4-3-6-16/h5,9-10H,2-4,6-8H2,1H3. The van der Waals surface area contributed by atoms with Gasteiger partial charge in [-0.2, -0.15) is 0 Å². The Morgan fingerprint density at radius 1 is 1.19 bits per heavy atom. The summed E-state index contributed by atoms with van der Waals surface area (Å²) in [4.78, 5) is 0. The molecule has 21 heavy (non-hydrogen) atoms. The van der Waals surface area contributed by atoms with E-state index >= 15 is 0 Å². The van der Waals surface area contributed by atoms with E-state index in [1.807, 2.05) is 13.0 Å². The van der Waals surface area contributed by atoms with E-state index < -0.39 is 0 Å². The average Bonchev–Trinajstić information content (AvgIpc) is 2.44. The summed E-state index contributed by atoms with van der Waals surface area (Å²) < 4.78 is 11.5. The van der Waals surface area contributed by atoms with E-state index in [4.69, 9.17) is 55.9 Å². The molecule has 6 heteroatoms. The van der Waals surface area contributed by atoms with Gasteiger partial charge in [-0.15, -0.1) is 11.6 Å². The van der Waals surface area contributed by atoms with Crippen molar-refractivity contribution in [3.63, 3.8) is 0 Å². The van der Waals surface area contributed by atoms with Crippen LogP contribution < -0.4 is 9.47 Å². The SMILES string of the molecule is CCc1cc(OCC=C(Cl)Cl)cc(Cl)c1OCCCCCl. The summed E-state index contributed by atoms with van der Waals surface area (Å²) in [5.74, 6) is 2.02. The topological polar surface area (TPSA) is 18.5 Å². The van der Waals surface area contributed by atoms with Crippen molar-refractivity contribution in [2.45, 2.75) is 26.2 Å². The molecule has 0 unspecified atom stereocenters. The highest BCUT2D eigenvalue weighted by atomic mass is 35.5. The van der Waals surface area contributed by atoms with Crippen molar-refractivity contribution in [1.29, 1.82) is 0 Å². The van der Waals surface area contributed by atoms with Gasteiger partial charge in [-0.05, 0) is 37.0 Å². The molecule has 0 N–H and O–H groups in total. The Balaban J connectivity index is 2.74. The first-order valence-corrected chi connectivity index (χ1v) is 8.40. The molecule has 0 saturated heterocycles. The molecule has 2 nitrogen and oxygen atoms in total. The Kier molecular flexibility index (Phi) is 9.34. The van der Waals surface area contributed by atoms with Gasteiger partial charge in [0, 0.05) is 11.9 Å². The fraction of sp³-hybridized carbons (Fsp3) is 0.467. The molecule has 0 heterocycles. The first-order chi connectivity index (χ1) is 10.1. The molecule has 0 atom stereocenters. The van der Waals surface area contributed by atoms with Crippen LogP contribution in [0.1, 0.15) is 25.3 Å². The summed E-state index contributed by atoms with van der Waals surface area (Å²) in [6, 6.07) is 3.65. The number of hydrogen-bond donors (Lipinski definition) is 0. The molecule has 0 saturated carbocycles. The van der Waals surface area contributed by atoms with Gasteiger partial charge < -0.3 is 9.47 Å². The summed E-state index contributed by atoms with van der Waals surface area (Å²) in [6.07, 6.45) is 4.20. The Hall–Kier alpha value is -0.280. The number of rotatable bonds is 9. The molecule has 0 aliphatic heterocycles. The Bertz CT molecular complexity index is 471. The summed E-state index contributed by atoms with van der Waals surface area (Å²) in [5, 5.41) is 0.538. The lowest BCUT2D eigenvalue weighted by Gasteiger charge is -2.14. The van der Waals surface area contributed by atoms with Gasteiger partial charge in [0.15, 0.2) is 0 Å². The Morgan fingerprint density at radius 3 is 2.57 bits per heavy atom. The van der Waals surface area contributed by atoms with Crippen LogP contribution in [0.5, 0.6) is 11.5 Å². The lowest BCUT2D eigenvalue weighted by Crippen LogP contribution is -2.02. The maximum atomic E-state index is 6.27. The molecule has 0 spiro atoms. The molecule has 1 aromatic carbocycles. The van der Waals surface area contributed by atoms with Gasteiger partial charge in [0.1, 0.15) is 22.6 Å². The van der Waals surface area contributed by atoms with Gasteiger partial charge in [-0.3, -0.25) is 0 Å². The highest BCUT2D eigenvalue weighted by Crippen LogP contribution is 2.34. The third-order valence-electron chi connectivity index (χ3n) is 2.74. The highest BCUT2D eigenvalue weighted by Gasteiger charge is 2.10. The second-order valence-electron chi connectivity index (χ2n) is 4.30. The molecule has 0 fully saturated rings. The lowest BCUT2D eigenvalue weighted by molar-refractivity contribution is 0.305. The number of hydrogen-bond acceptors (Lipinski definition) is 2. The van der Waals surface area contributed by atoms with Crippen LogP contribution in [0.25, 0.3) is 0 Å². The van der Waals surface area contributed by atoms with E-state index in [0.29, 0.717) is 29.0 Å². The summed E-state index contributed by atoms with van der Waals surface area (Å²) in [6.45, 7) is 2.93. The van der Waals surface area contributed by atoms with E-state index in [1.54, 1.807) is 12.1 Å². The maximum absolute atomic E-state index is 6.27. The number of benzene rings is 1. The first-order valence-electron chi connectivity index (χ1n) is 6.73. The van der Waals surface area contributed by atoms with E-state index in [0.717, 1.165) is 24.8 Å². The minimum atomic E-state index is 0.177. The van der Waals surface area contributed by atoms with E-state index in [-0.39, 0.29) is 11.1 Å². The second kappa shape index (κ2) is 10.4. The predicted molar refractivity (Wildman–Crippen MR) is 91.6 cm³/mol. The molecular formula is C15H18Cl4O2. The molecule has 118 valence electrons. The second-order valence-corrected chi connectivity index (χ2v) is 6.09. The molecule has 0 bridgehead atoms. The highest BCUT2D eigenvalue weighted by molar-refractivity contribution is 6.55. The number of aryl methyl sites for hydroxylation is 1.